The first-order valence-corrected chi connectivity index (χ1v) is 12.7. The highest BCUT2D eigenvalue weighted by Gasteiger charge is 2.36. The van der Waals surface area contributed by atoms with Crippen LogP contribution in [0.15, 0.2) is 65.6 Å². The van der Waals surface area contributed by atoms with E-state index in [4.69, 9.17) is 32.7 Å². The van der Waals surface area contributed by atoms with Crippen LogP contribution < -0.4 is 14.8 Å². The van der Waals surface area contributed by atoms with Crippen molar-refractivity contribution in [2.24, 2.45) is 0 Å². The molecule has 0 aromatic heterocycles. The second-order valence-electron chi connectivity index (χ2n) is 8.07. The van der Waals surface area contributed by atoms with E-state index < -0.39 is 23.6 Å². The Labute approximate surface area is 228 Å². The van der Waals surface area contributed by atoms with Gasteiger partial charge in [0.25, 0.3) is 11.1 Å². The van der Waals surface area contributed by atoms with Gasteiger partial charge in [-0.1, -0.05) is 53.5 Å². The van der Waals surface area contributed by atoms with Gasteiger partial charge in [-0.05, 0) is 66.2 Å². The average molecular weight is 557 g/mol. The first-order chi connectivity index (χ1) is 17.7. The molecular weight excluding hydrogens is 535 g/mol. The molecule has 7 nitrogen and oxygen atoms in total. The largest absolute Gasteiger partial charge is 0.493 e. The Morgan fingerprint density at radius 3 is 2.51 bits per heavy atom. The van der Waals surface area contributed by atoms with Crippen LogP contribution in [0.1, 0.15) is 16.7 Å². The fourth-order valence-electron chi connectivity index (χ4n) is 3.54. The summed E-state index contributed by atoms with van der Waals surface area (Å²) in [6.45, 7) is 1.63. The minimum atomic E-state index is -0.570. The number of methoxy groups -OCH3 is 1. The summed E-state index contributed by atoms with van der Waals surface area (Å²) in [7, 11) is 1.52. The van der Waals surface area contributed by atoms with E-state index in [1.54, 1.807) is 54.6 Å². The number of carbonyl (C=O) groups is 3. The maximum Gasteiger partial charge on any atom is 0.294 e. The monoisotopic (exact) mass is 556 g/mol. The minimum absolute atomic E-state index is 0.168. The summed E-state index contributed by atoms with van der Waals surface area (Å²) in [4.78, 5) is 39.3. The lowest BCUT2D eigenvalue weighted by Crippen LogP contribution is -2.36. The number of thioether (sulfide) groups is 1. The quantitative estimate of drug-likeness (QED) is 0.316. The molecule has 1 aliphatic rings. The maximum absolute atomic E-state index is 13.0. The number of amides is 3. The molecule has 1 heterocycles. The smallest absolute Gasteiger partial charge is 0.294 e. The van der Waals surface area contributed by atoms with Gasteiger partial charge in [0.15, 0.2) is 11.5 Å². The van der Waals surface area contributed by atoms with Crippen LogP contribution in [0.2, 0.25) is 10.0 Å². The second-order valence-corrected chi connectivity index (χ2v) is 9.94. The number of carbonyl (C=O) groups excluding carboxylic acids is 3. The van der Waals surface area contributed by atoms with Gasteiger partial charge in [-0.3, -0.25) is 19.3 Å². The topological polar surface area (TPSA) is 84.9 Å². The third-order valence-corrected chi connectivity index (χ3v) is 6.86. The Morgan fingerprint density at radius 2 is 1.78 bits per heavy atom. The van der Waals surface area contributed by atoms with Gasteiger partial charge in [0, 0.05) is 21.3 Å². The molecule has 0 saturated carbocycles. The van der Waals surface area contributed by atoms with E-state index in [0.717, 1.165) is 27.8 Å². The fourth-order valence-corrected chi connectivity index (χ4v) is 4.66. The minimum Gasteiger partial charge on any atom is -0.493 e. The van der Waals surface area contributed by atoms with Crippen LogP contribution in [0.5, 0.6) is 11.5 Å². The second kappa shape index (κ2) is 11.7. The van der Waals surface area contributed by atoms with Gasteiger partial charge >= 0.3 is 0 Å². The molecule has 37 heavy (non-hydrogen) atoms. The molecule has 0 radical (unpaired) electrons. The summed E-state index contributed by atoms with van der Waals surface area (Å²) in [5.41, 5.74) is 2.76. The van der Waals surface area contributed by atoms with E-state index in [0.29, 0.717) is 32.8 Å². The van der Waals surface area contributed by atoms with E-state index in [9.17, 15) is 14.4 Å². The van der Waals surface area contributed by atoms with E-state index in [-0.39, 0.29) is 11.5 Å². The van der Waals surface area contributed by atoms with Crippen LogP contribution in [0.25, 0.3) is 6.08 Å². The molecule has 0 aliphatic carbocycles. The summed E-state index contributed by atoms with van der Waals surface area (Å²) in [6.07, 6.45) is 1.56. The Kier molecular flexibility index (Phi) is 8.43. The molecule has 10 heteroatoms. The summed E-state index contributed by atoms with van der Waals surface area (Å²) >= 11 is 12.7. The molecule has 0 bridgehead atoms. The molecule has 0 atom stereocenters. The number of hydrogen-bond donors (Lipinski definition) is 1. The van der Waals surface area contributed by atoms with Crippen molar-refractivity contribution in [2.75, 3.05) is 19.0 Å². The first kappa shape index (κ1) is 26.6. The molecule has 3 amide bonds. The summed E-state index contributed by atoms with van der Waals surface area (Å²) in [5.74, 6) is -0.194. The van der Waals surface area contributed by atoms with E-state index in [1.807, 2.05) is 19.1 Å². The van der Waals surface area contributed by atoms with Gasteiger partial charge in [0.1, 0.15) is 13.2 Å². The van der Waals surface area contributed by atoms with Crippen molar-refractivity contribution in [3.05, 3.63) is 92.3 Å². The molecule has 3 aromatic rings. The van der Waals surface area contributed by atoms with Crippen molar-refractivity contribution in [1.82, 2.24) is 4.90 Å². The number of para-hydroxylation sites is 1. The molecule has 1 N–H and O–H groups in total. The third-order valence-electron chi connectivity index (χ3n) is 5.46. The first-order valence-electron chi connectivity index (χ1n) is 11.1. The SMILES string of the molecule is COc1cccc(/C=C2/SC(=O)N(CC(=O)Nc3cc(Cl)ccc3C)C2=O)c1OCc1ccc(Cl)cc1. The number of nitrogens with zero attached hydrogens (tertiary/aromatic N) is 1. The van der Waals surface area contributed by atoms with Crippen LogP contribution in [0, 0.1) is 6.92 Å². The number of hydrogen-bond acceptors (Lipinski definition) is 6. The van der Waals surface area contributed by atoms with Crippen LogP contribution in [-0.4, -0.2) is 35.6 Å². The molecule has 3 aromatic carbocycles. The number of halogens is 2. The molecule has 190 valence electrons. The Bertz CT molecular complexity index is 1390. The van der Waals surface area contributed by atoms with Crippen molar-refractivity contribution in [2.45, 2.75) is 13.5 Å². The summed E-state index contributed by atoms with van der Waals surface area (Å²) in [6, 6.07) is 17.6. The van der Waals surface area contributed by atoms with Gasteiger partial charge in [-0.15, -0.1) is 0 Å². The van der Waals surface area contributed by atoms with Crippen LogP contribution in [0.4, 0.5) is 10.5 Å². The number of ether oxygens (including phenoxy) is 2. The number of imide groups is 1. The van der Waals surface area contributed by atoms with E-state index in [2.05, 4.69) is 5.32 Å². The van der Waals surface area contributed by atoms with Crippen molar-refractivity contribution >= 4 is 63.8 Å². The highest BCUT2D eigenvalue weighted by atomic mass is 35.5. The van der Waals surface area contributed by atoms with E-state index >= 15 is 0 Å². The van der Waals surface area contributed by atoms with Gasteiger partial charge < -0.3 is 14.8 Å². The summed E-state index contributed by atoms with van der Waals surface area (Å²) in [5, 5.41) is 3.24. The molecule has 1 fully saturated rings. The maximum atomic E-state index is 13.0. The molecule has 1 saturated heterocycles. The molecule has 4 rings (SSSR count). The molecule has 0 unspecified atom stereocenters. The van der Waals surface area contributed by atoms with Crippen molar-refractivity contribution in [1.29, 1.82) is 0 Å². The lowest BCUT2D eigenvalue weighted by Gasteiger charge is -2.14. The zero-order valence-electron chi connectivity index (χ0n) is 19.9. The number of rotatable bonds is 8. The number of anilines is 1. The van der Waals surface area contributed by atoms with Crippen LogP contribution in [0.3, 0.4) is 0 Å². The number of aryl methyl sites for hydroxylation is 1. The standard InChI is InChI=1S/C27H22Cl2N2O5S/c1-16-6-9-20(29)13-21(16)30-24(32)14-31-26(33)23(37-27(31)34)12-18-4-3-5-22(35-2)25(18)36-15-17-7-10-19(28)11-8-17/h3-13H,14-15H2,1-2H3,(H,30,32)/b23-12+. The van der Waals surface area contributed by atoms with Gasteiger partial charge in [0.05, 0.1) is 12.0 Å². The Morgan fingerprint density at radius 1 is 1.05 bits per heavy atom. The highest BCUT2D eigenvalue weighted by molar-refractivity contribution is 8.18. The normalized spacial score (nSPS) is 14.3. The number of benzene rings is 3. The predicted molar refractivity (Wildman–Crippen MR) is 146 cm³/mol. The fraction of sp³-hybridized carbons (Fsp3) is 0.148. The van der Waals surface area contributed by atoms with E-state index in [1.165, 1.54) is 7.11 Å². The zero-order valence-corrected chi connectivity index (χ0v) is 22.2. The van der Waals surface area contributed by atoms with Crippen molar-refractivity contribution in [3.63, 3.8) is 0 Å². The summed E-state index contributed by atoms with van der Waals surface area (Å²) < 4.78 is 11.5. The third kappa shape index (κ3) is 6.46. The molecule has 1 aliphatic heterocycles. The average Bonchev–Trinajstić information content (AvgIpc) is 3.13. The lowest BCUT2D eigenvalue weighted by molar-refractivity contribution is -0.127. The Hall–Kier alpha value is -3.46. The zero-order chi connectivity index (χ0) is 26.5. The molecule has 0 spiro atoms. The van der Waals surface area contributed by atoms with Crippen LogP contribution in [-0.2, 0) is 16.2 Å². The lowest BCUT2D eigenvalue weighted by atomic mass is 10.1. The highest BCUT2D eigenvalue weighted by Crippen LogP contribution is 2.38. The van der Waals surface area contributed by atoms with Crippen molar-refractivity contribution < 1.29 is 23.9 Å². The van der Waals surface area contributed by atoms with Gasteiger partial charge in [0.2, 0.25) is 5.91 Å². The number of nitrogens with one attached hydrogen (secondary N) is 1. The van der Waals surface area contributed by atoms with Gasteiger partial charge in [-0.2, -0.15) is 0 Å². The predicted octanol–water partition coefficient (Wildman–Crippen LogP) is 6.56. The molecular formula is C27H22Cl2N2O5S. The van der Waals surface area contributed by atoms with Crippen molar-refractivity contribution in [3.8, 4) is 11.5 Å². The van der Waals surface area contributed by atoms with Crippen LogP contribution >= 0.6 is 35.0 Å². The van der Waals surface area contributed by atoms with Gasteiger partial charge in [-0.25, -0.2) is 0 Å². The Balaban J connectivity index is 1.51.